The second-order valence-corrected chi connectivity index (χ2v) is 9.53. The Labute approximate surface area is 214 Å². The van der Waals surface area contributed by atoms with Crippen LogP contribution in [0.3, 0.4) is 0 Å². The molecule has 0 atom stereocenters. The van der Waals surface area contributed by atoms with E-state index in [-0.39, 0.29) is 11.7 Å². The topological polar surface area (TPSA) is 103 Å². The van der Waals surface area contributed by atoms with E-state index >= 15 is 0 Å². The Bertz CT molecular complexity index is 1390. The van der Waals surface area contributed by atoms with E-state index in [0.717, 1.165) is 49.2 Å². The number of rotatable bonds is 8. The lowest BCUT2D eigenvalue weighted by Gasteiger charge is -2.33. The van der Waals surface area contributed by atoms with Gasteiger partial charge in [0.05, 0.1) is 5.56 Å². The number of halogens is 1. The summed E-state index contributed by atoms with van der Waals surface area (Å²) in [6, 6.07) is 21.7. The van der Waals surface area contributed by atoms with Gasteiger partial charge in [0.1, 0.15) is 11.6 Å². The molecule has 4 aromatic rings. The van der Waals surface area contributed by atoms with Crippen molar-refractivity contribution in [2.24, 2.45) is 11.7 Å². The molecule has 37 heavy (non-hydrogen) atoms. The lowest BCUT2D eigenvalue weighted by Crippen LogP contribution is -2.39. The minimum Gasteiger partial charge on any atom is -0.366 e. The van der Waals surface area contributed by atoms with Crippen LogP contribution in [0.1, 0.15) is 44.7 Å². The second-order valence-electron chi connectivity index (χ2n) is 9.53. The summed E-state index contributed by atoms with van der Waals surface area (Å²) in [5.74, 6) is 0.132. The average molecular weight is 500 g/mol. The number of aromatic amines is 1. The molecule has 1 aliphatic rings. The number of amides is 2. The number of aromatic nitrogens is 1. The fourth-order valence-electron chi connectivity index (χ4n) is 5.00. The Morgan fingerprint density at radius 1 is 0.973 bits per heavy atom. The first-order valence-corrected chi connectivity index (χ1v) is 12.5. The molecule has 5 N–H and O–H groups in total. The molecule has 2 amide bonds. The summed E-state index contributed by atoms with van der Waals surface area (Å²) in [5, 5.41) is 0.638. The maximum absolute atomic E-state index is 13.4. The predicted octanol–water partition coefficient (Wildman–Crippen LogP) is 4.30. The molecule has 2 heterocycles. The van der Waals surface area contributed by atoms with Gasteiger partial charge in [0.2, 0.25) is 5.91 Å². The Morgan fingerprint density at radius 3 is 2.41 bits per heavy atom. The van der Waals surface area contributed by atoms with Crippen molar-refractivity contribution in [3.8, 4) is 0 Å². The molecule has 1 aliphatic heterocycles. The fourth-order valence-corrected chi connectivity index (χ4v) is 5.00. The second kappa shape index (κ2) is 10.8. The van der Waals surface area contributed by atoms with Crippen molar-refractivity contribution < 1.29 is 14.0 Å². The molecule has 0 unspecified atom stereocenters. The largest absolute Gasteiger partial charge is 0.366 e. The van der Waals surface area contributed by atoms with E-state index in [2.05, 4.69) is 45.0 Å². The number of hydrogen-bond acceptors (Lipinski definition) is 4. The summed E-state index contributed by atoms with van der Waals surface area (Å²) in [7, 11) is 0. The number of fused-ring (bicyclic) bond motifs is 1. The van der Waals surface area contributed by atoms with Crippen molar-refractivity contribution in [1.82, 2.24) is 15.8 Å². The van der Waals surface area contributed by atoms with Gasteiger partial charge in [0.15, 0.2) is 0 Å². The molecule has 0 aliphatic carbocycles. The predicted molar refractivity (Wildman–Crippen MR) is 143 cm³/mol. The van der Waals surface area contributed by atoms with Crippen LogP contribution in [0.15, 0.2) is 72.8 Å². The van der Waals surface area contributed by atoms with Crippen LogP contribution >= 0.6 is 0 Å². The summed E-state index contributed by atoms with van der Waals surface area (Å²) in [4.78, 5) is 30.9. The zero-order valence-electron chi connectivity index (χ0n) is 20.5. The van der Waals surface area contributed by atoms with Gasteiger partial charge in [0.25, 0.3) is 5.91 Å². The Kier molecular flexibility index (Phi) is 7.18. The first-order chi connectivity index (χ1) is 18.0. The summed E-state index contributed by atoms with van der Waals surface area (Å²) >= 11 is 0. The average Bonchev–Trinajstić information content (AvgIpc) is 3.30. The number of nitrogens with two attached hydrogens (primary N) is 1. The van der Waals surface area contributed by atoms with E-state index in [1.165, 1.54) is 17.7 Å². The summed E-state index contributed by atoms with van der Waals surface area (Å²) < 4.78 is 13.2. The highest BCUT2D eigenvalue weighted by Gasteiger charge is 2.27. The monoisotopic (exact) mass is 499 g/mol. The van der Waals surface area contributed by atoms with Gasteiger partial charge in [-0.3, -0.25) is 15.0 Å². The van der Waals surface area contributed by atoms with Crippen LogP contribution < -0.4 is 21.5 Å². The molecular formula is C29H30FN5O2. The van der Waals surface area contributed by atoms with Crippen molar-refractivity contribution in [3.63, 3.8) is 0 Å². The Balaban J connectivity index is 1.35. The van der Waals surface area contributed by atoms with Gasteiger partial charge in [-0.1, -0.05) is 42.5 Å². The zero-order valence-corrected chi connectivity index (χ0v) is 20.5. The minimum absolute atomic E-state index is 0.311. The van der Waals surface area contributed by atoms with Crippen LogP contribution in [0.25, 0.3) is 10.9 Å². The van der Waals surface area contributed by atoms with Gasteiger partial charge in [-0.05, 0) is 66.6 Å². The van der Waals surface area contributed by atoms with Gasteiger partial charge in [0, 0.05) is 36.1 Å². The van der Waals surface area contributed by atoms with Crippen LogP contribution in [-0.2, 0) is 13.0 Å². The van der Waals surface area contributed by atoms with Crippen molar-refractivity contribution in [1.29, 1.82) is 0 Å². The summed E-state index contributed by atoms with van der Waals surface area (Å²) in [6.45, 7) is 1.97. The van der Waals surface area contributed by atoms with Crippen LogP contribution in [0, 0.1) is 11.7 Å². The van der Waals surface area contributed by atoms with E-state index in [4.69, 9.17) is 5.73 Å². The molecule has 0 radical (unpaired) electrons. The number of benzene rings is 3. The number of carbonyl (C=O) groups is 2. The molecule has 5 rings (SSSR count). The fraction of sp³-hybridized carbons (Fsp3) is 0.241. The molecule has 1 aromatic heterocycles. The molecule has 0 spiro atoms. The molecule has 190 valence electrons. The van der Waals surface area contributed by atoms with Gasteiger partial charge < -0.3 is 15.6 Å². The van der Waals surface area contributed by atoms with E-state index in [1.54, 1.807) is 30.3 Å². The van der Waals surface area contributed by atoms with Gasteiger partial charge in [-0.15, -0.1) is 0 Å². The number of hydrogen-bond donors (Lipinski definition) is 4. The molecule has 1 fully saturated rings. The van der Waals surface area contributed by atoms with E-state index in [1.807, 2.05) is 6.07 Å². The first-order valence-electron chi connectivity index (χ1n) is 12.5. The zero-order chi connectivity index (χ0) is 25.8. The van der Waals surface area contributed by atoms with Crippen molar-refractivity contribution in [3.05, 3.63) is 101 Å². The van der Waals surface area contributed by atoms with Crippen molar-refractivity contribution in [2.45, 2.75) is 25.8 Å². The molecule has 0 bridgehead atoms. The third-order valence-corrected chi connectivity index (χ3v) is 7.00. The lowest BCUT2D eigenvalue weighted by molar-refractivity contribution is 0.0933. The van der Waals surface area contributed by atoms with Crippen molar-refractivity contribution >= 4 is 28.5 Å². The molecular weight excluding hydrogens is 469 g/mol. The Morgan fingerprint density at radius 2 is 1.70 bits per heavy atom. The highest BCUT2D eigenvalue weighted by Crippen LogP contribution is 2.33. The quantitative estimate of drug-likeness (QED) is 0.272. The number of piperidine rings is 1. The van der Waals surface area contributed by atoms with E-state index < -0.39 is 5.91 Å². The standard InChI is InChI=1S/C29H30FN5O2/c30-23-9-6-21(7-10-23)18-32-34-29(37)26-24-17-22(27(31)36)8-11-25(24)33-28(26)35-14-12-20(13-15-35)16-19-4-2-1-3-5-19/h1-11,17,20,32-33H,12-16,18H2,(H2,31,36)(H,34,37). The number of carbonyl (C=O) groups excluding carboxylic acids is 2. The maximum Gasteiger partial charge on any atom is 0.269 e. The third kappa shape index (κ3) is 5.65. The van der Waals surface area contributed by atoms with Crippen LogP contribution in [0.5, 0.6) is 0 Å². The minimum atomic E-state index is -0.549. The summed E-state index contributed by atoms with van der Waals surface area (Å²) in [5.41, 5.74) is 14.9. The number of primary amides is 1. The molecule has 3 aromatic carbocycles. The third-order valence-electron chi connectivity index (χ3n) is 7.00. The number of anilines is 1. The number of H-pyrrole nitrogens is 1. The number of nitrogens with one attached hydrogen (secondary N) is 3. The highest BCUT2D eigenvalue weighted by atomic mass is 19.1. The van der Waals surface area contributed by atoms with Crippen LogP contribution in [0.4, 0.5) is 10.2 Å². The van der Waals surface area contributed by atoms with E-state index in [0.29, 0.717) is 29.0 Å². The smallest absolute Gasteiger partial charge is 0.269 e. The van der Waals surface area contributed by atoms with Gasteiger partial charge >= 0.3 is 0 Å². The normalized spacial score (nSPS) is 14.1. The maximum atomic E-state index is 13.4. The number of nitrogens with zero attached hydrogens (tertiary/aromatic N) is 1. The van der Waals surface area contributed by atoms with Gasteiger partial charge in [-0.25, -0.2) is 9.82 Å². The van der Waals surface area contributed by atoms with Crippen LogP contribution in [-0.4, -0.2) is 29.9 Å². The number of hydrazine groups is 1. The Hall–Kier alpha value is -4.17. The van der Waals surface area contributed by atoms with Gasteiger partial charge in [-0.2, -0.15) is 0 Å². The summed E-state index contributed by atoms with van der Waals surface area (Å²) in [6.07, 6.45) is 3.07. The van der Waals surface area contributed by atoms with Crippen molar-refractivity contribution in [2.75, 3.05) is 18.0 Å². The molecule has 0 saturated carbocycles. The molecule has 7 nitrogen and oxygen atoms in total. The lowest BCUT2D eigenvalue weighted by atomic mass is 9.90. The first kappa shape index (κ1) is 24.5. The highest BCUT2D eigenvalue weighted by molar-refractivity contribution is 6.13. The SMILES string of the molecule is NC(=O)c1ccc2[nH]c(N3CCC(Cc4ccccc4)CC3)c(C(=O)NNCc3ccc(F)cc3)c2c1. The molecule has 8 heteroatoms. The van der Waals surface area contributed by atoms with E-state index in [9.17, 15) is 14.0 Å². The van der Waals surface area contributed by atoms with Crippen LogP contribution in [0.2, 0.25) is 0 Å². The molecule has 1 saturated heterocycles.